The molecule has 7 aromatic rings. The lowest BCUT2D eigenvalue weighted by Crippen LogP contribution is -1.82. The van der Waals surface area contributed by atoms with Crippen LogP contribution in [0.3, 0.4) is 0 Å². The van der Waals surface area contributed by atoms with Gasteiger partial charge in [0.1, 0.15) is 10.0 Å². The molecule has 0 aliphatic rings. The molecular formula is C32H20N2S2. The number of rotatable bonds is 4. The Kier molecular flexibility index (Phi) is 5.20. The van der Waals surface area contributed by atoms with E-state index in [-0.39, 0.29) is 0 Å². The molecule has 5 aromatic carbocycles. The molecule has 0 spiro atoms. The van der Waals surface area contributed by atoms with Crippen LogP contribution in [0, 0.1) is 0 Å². The number of nitrogens with zero attached hydrogens (tertiary/aromatic N) is 2. The lowest BCUT2D eigenvalue weighted by molar-refractivity contribution is 1.47. The van der Waals surface area contributed by atoms with Crippen molar-refractivity contribution in [2.24, 2.45) is 0 Å². The highest BCUT2D eigenvalue weighted by molar-refractivity contribution is 7.22. The summed E-state index contributed by atoms with van der Waals surface area (Å²) in [4.78, 5) is 9.70. The fraction of sp³-hybridized carbons (Fsp3) is 0. The molecule has 2 aromatic heterocycles. The second-order valence-electron chi connectivity index (χ2n) is 8.72. The Hall–Kier alpha value is -4.12. The zero-order valence-electron chi connectivity index (χ0n) is 19.3. The summed E-state index contributed by atoms with van der Waals surface area (Å²) in [5, 5.41) is 2.12. The molecule has 7 rings (SSSR count). The van der Waals surface area contributed by atoms with Crippen LogP contribution in [-0.4, -0.2) is 9.97 Å². The summed E-state index contributed by atoms with van der Waals surface area (Å²) in [5.41, 5.74) is 9.24. The van der Waals surface area contributed by atoms with Gasteiger partial charge in [0, 0.05) is 11.1 Å². The molecule has 4 heteroatoms. The summed E-state index contributed by atoms with van der Waals surface area (Å²) in [7, 11) is 0. The Labute approximate surface area is 217 Å². The van der Waals surface area contributed by atoms with Gasteiger partial charge in [-0.15, -0.1) is 22.7 Å². The third kappa shape index (κ3) is 3.91. The Balaban J connectivity index is 1.24. The molecule has 0 aliphatic heterocycles. The first-order valence-corrected chi connectivity index (χ1v) is 13.5. The minimum absolute atomic E-state index is 1.05. The van der Waals surface area contributed by atoms with Crippen LogP contribution in [-0.2, 0) is 0 Å². The van der Waals surface area contributed by atoms with E-state index in [4.69, 9.17) is 9.97 Å². The second kappa shape index (κ2) is 8.83. The minimum atomic E-state index is 1.05. The summed E-state index contributed by atoms with van der Waals surface area (Å²) in [5.74, 6) is 0. The van der Waals surface area contributed by atoms with E-state index < -0.39 is 0 Å². The van der Waals surface area contributed by atoms with Crippen LogP contribution in [0.4, 0.5) is 0 Å². The zero-order chi connectivity index (χ0) is 23.9. The van der Waals surface area contributed by atoms with Crippen molar-refractivity contribution in [1.29, 1.82) is 0 Å². The van der Waals surface area contributed by atoms with Gasteiger partial charge in [-0.3, -0.25) is 0 Å². The van der Waals surface area contributed by atoms with Crippen LogP contribution >= 0.6 is 22.7 Å². The maximum absolute atomic E-state index is 4.85. The molecule has 0 aliphatic carbocycles. The highest BCUT2D eigenvalue weighted by Crippen LogP contribution is 2.36. The highest BCUT2D eigenvalue weighted by atomic mass is 32.1. The van der Waals surface area contributed by atoms with Crippen LogP contribution in [0.1, 0.15) is 0 Å². The van der Waals surface area contributed by atoms with Crippen LogP contribution in [0.5, 0.6) is 0 Å². The van der Waals surface area contributed by atoms with Gasteiger partial charge in [0.2, 0.25) is 0 Å². The van der Waals surface area contributed by atoms with E-state index in [0.29, 0.717) is 0 Å². The molecule has 0 bridgehead atoms. The number of aromatic nitrogens is 2. The molecule has 0 saturated heterocycles. The molecule has 2 nitrogen and oxygen atoms in total. The van der Waals surface area contributed by atoms with Crippen LogP contribution < -0.4 is 0 Å². The smallest absolute Gasteiger partial charge is 0.124 e. The number of fused-ring (bicyclic) bond motifs is 2. The molecule has 0 radical (unpaired) electrons. The first kappa shape index (κ1) is 21.2. The Morgan fingerprint density at radius 3 is 1.25 bits per heavy atom. The van der Waals surface area contributed by atoms with Gasteiger partial charge in [-0.2, -0.15) is 0 Å². The fourth-order valence-corrected chi connectivity index (χ4v) is 6.52. The average Bonchev–Trinajstić information content (AvgIpc) is 3.58. The Bertz CT molecular complexity index is 1700. The normalized spacial score (nSPS) is 11.3. The molecule has 170 valence electrons. The predicted molar refractivity (Wildman–Crippen MR) is 155 cm³/mol. The molecule has 0 saturated carbocycles. The van der Waals surface area contributed by atoms with E-state index in [1.165, 1.54) is 31.7 Å². The van der Waals surface area contributed by atoms with E-state index in [9.17, 15) is 0 Å². The van der Waals surface area contributed by atoms with Crippen molar-refractivity contribution >= 4 is 43.1 Å². The fourth-order valence-electron chi connectivity index (χ4n) is 4.50. The van der Waals surface area contributed by atoms with Gasteiger partial charge in [0.15, 0.2) is 0 Å². The maximum atomic E-state index is 4.85. The summed E-state index contributed by atoms with van der Waals surface area (Å²) < 4.78 is 2.41. The lowest BCUT2D eigenvalue weighted by Gasteiger charge is -2.06. The van der Waals surface area contributed by atoms with Crippen molar-refractivity contribution in [2.45, 2.75) is 0 Å². The van der Waals surface area contributed by atoms with E-state index in [1.54, 1.807) is 22.7 Å². The molecular weight excluding hydrogens is 477 g/mol. The van der Waals surface area contributed by atoms with Crippen LogP contribution in [0.2, 0.25) is 0 Å². The SMILES string of the molecule is c1ccc(-c2nc3ccc(-c4cccc(-c5ccc6nc(-c7ccccc7)sc6c5)c4)cc3s2)cc1. The molecule has 0 fully saturated rings. The zero-order valence-corrected chi connectivity index (χ0v) is 20.9. The van der Waals surface area contributed by atoms with Crippen molar-refractivity contribution < 1.29 is 0 Å². The molecule has 0 amide bonds. The van der Waals surface area contributed by atoms with E-state index in [1.807, 2.05) is 12.1 Å². The van der Waals surface area contributed by atoms with Crippen LogP contribution in [0.15, 0.2) is 121 Å². The van der Waals surface area contributed by atoms with E-state index in [0.717, 1.165) is 32.2 Å². The Morgan fingerprint density at radius 2 is 0.778 bits per heavy atom. The first-order chi connectivity index (χ1) is 17.8. The number of thiazole rings is 2. The summed E-state index contributed by atoms with van der Waals surface area (Å²) in [6.07, 6.45) is 0. The quantitative estimate of drug-likeness (QED) is 0.242. The van der Waals surface area contributed by atoms with Crippen LogP contribution in [0.25, 0.3) is 63.8 Å². The van der Waals surface area contributed by atoms with Gasteiger partial charge in [-0.1, -0.05) is 91.0 Å². The molecule has 36 heavy (non-hydrogen) atoms. The summed E-state index contributed by atoms with van der Waals surface area (Å²) >= 11 is 3.49. The average molecular weight is 497 g/mol. The molecule has 0 atom stereocenters. The third-order valence-electron chi connectivity index (χ3n) is 6.35. The van der Waals surface area contributed by atoms with Gasteiger partial charge in [0.25, 0.3) is 0 Å². The van der Waals surface area contributed by atoms with Crippen molar-refractivity contribution in [3.05, 3.63) is 121 Å². The second-order valence-corrected chi connectivity index (χ2v) is 10.8. The minimum Gasteiger partial charge on any atom is -0.236 e. The maximum Gasteiger partial charge on any atom is 0.124 e. The molecule has 2 heterocycles. The van der Waals surface area contributed by atoms with Gasteiger partial charge in [-0.05, 0) is 52.6 Å². The molecule has 0 unspecified atom stereocenters. The van der Waals surface area contributed by atoms with E-state index >= 15 is 0 Å². The van der Waals surface area contributed by atoms with Crippen molar-refractivity contribution in [3.63, 3.8) is 0 Å². The van der Waals surface area contributed by atoms with E-state index in [2.05, 4.69) is 109 Å². The third-order valence-corrected chi connectivity index (χ3v) is 8.48. The number of hydrogen-bond acceptors (Lipinski definition) is 4. The van der Waals surface area contributed by atoms with Gasteiger partial charge in [0.05, 0.1) is 20.4 Å². The topological polar surface area (TPSA) is 25.8 Å². The largest absolute Gasteiger partial charge is 0.236 e. The first-order valence-electron chi connectivity index (χ1n) is 11.8. The van der Waals surface area contributed by atoms with Crippen molar-refractivity contribution in [3.8, 4) is 43.4 Å². The number of hydrogen-bond donors (Lipinski definition) is 0. The Morgan fingerprint density at radius 1 is 0.361 bits per heavy atom. The standard InChI is InChI=1S/C32H20N2S2/c1-3-8-21(9-4-1)31-33-27-16-14-25(19-29(27)35-31)23-12-7-13-24(18-23)26-15-17-28-30(20-26)36-32(34-28)22-10-5-2-6-11-22/h1-20H. The summed E-state index contributed by atoms with van der Waals surface area (Å²) in [6, 6.07) is 42.7. The molecule has 0 N–H and O–H groups in total. The lowest BCUT2D eigenvalue weighted by atomic mass is 9.99. The van der Waals surface area contributed by atoms with Gasteiger partial charge in [-0.25, -0.2) is 9.97 Å². The highest BCUT2D eigenvalue weighted by Gasteiger charge is 2.10. The number of benzene rings is 5. The van der Waals surface area contributed by atoms with Gasteiger partial charge < -0.3 is 0 Å². The predicted octanol–water partition coefficient (Wildman–Crippen LogP) is 9.57. The van der Waals surface area contributed by atoms with Crippen molar-refractivity contribution in [2.75, 3.05) is 0 Å². The monoisotopic (exact) mass is 496 g/mol. The van der Waals surface area contributed by atoms with Crippen molar-refractivity contribution in [1.82, 2.24) is 9.97 Å². The van der Waals surface area contributed by atoms with Gasteiger partial charge >= 0.3 is 0 Å². The summed E-state index contributed by atoms with van der Waals surface area (Å²) in [6.45, 7) is 0.